The van der Waals surface area contributed by atoms with Gasteiger partial charge in [0, 0.05) is 11.1 Å². The first-order chi connectivity index (χ1) is 15.4. The lowest BCUT2D eigenvalue weighted by atomic mass is 10.00. The molecule has 10 nitrogen and oxygen atoms in total. The molecule has 3 aromatic carbocycles. The van der Waals surface area contributed by atoms with E-state index in [-0.39, 0.29) is 23.2 Å². The van der Waals surface area contributed by atoms with Crippen LogP contribution in [0.4, 0.5) is 0 Å². The van der Waals surface area contributed by atoms with Gasteiger partial charge in [0.25, 0.3) is 0 Å². The number of amidine groups is 2. The molecule has 4 rings (SSSR count). The number of methoxy groups -OCH3 is 1. The Kier molecular flexibility index (Phi) is 5.25. The van der Waals surface area contributed by atoms with Gasteiger partial charge in [-0.2, -0.15) is 0 Å². The summed E-state index contributed by atoms with van der Waals surface area (Å²) in [5, 5.41) is 34.5. The third-order valence-corrected chi connectivity index (χ3v) is 5.06. The summed E-state index contributed by atoms with van der Waals surface area (Å²) in [5.41, 5.74) is 15.7. The summed E-state index contributed by atoms with van der Waals surface area (Å²) in [5.74, 6) is 0.609. The van der Waals surface area contributed by atoms with E-state index in [1.807, 2.05) is 12.1 Å². The number of aromatic nitrogens is 2. The van der Waals surface area contributed by atoms with Crippen LogP contribution in [0.1, 0.15) is 11.1 Å². The number of benzene rings is 3. The second-order valence-electron chi connectivity index (χ2n) is 6.94. The van der Waals surface area contributed by atoms with E-state index in [2.05, 4.69) is 20.3 Å². The maximum absolute atomic E-state index is 10.8. The Morgan fingerprint density at radius 2 is 1.56 bits per heavy atom. The van der Waals surface area contributed by atoms with Gasteiger partial charge in [-0.25, -0.2) is 4.98 Å². The number of H-pyrrole nitrogens is 1. The molecule has 0 saturated heterocycles. The molecule has 32 heavy (non-hydrogen) atoms. The maximum Gasteiger partial charge on any atom is 0.170 e. The second-order valence-corrected chi connectivity index (χ2v) is 6.94. The Labute approximate surface area is 182 Å². The number of ether oxygens (including phenoxy) is 1. The van der Waals surface area contributed by atoms with Gasteiger partial charge in [0.2, 0.25) is 0 Å². The van der Waals surface area contributed by atoms with Crippen LogP contribution in [0.25, 0.3) is 33.5 Å². The number of nitrogens with one attached hydrogen (secondary N) is 1. The largest absolute Gasteiger partial charge is 0.504 e. The monoisotopic (exact) mass is 432 g/mol. The fourth-order valence-electron chi connectivity index (χ4n) is 3.36. The number of nitrogens with zero attached hydrogens (tertiary/aromatic N) is 3. The Balaban J connectivity index is 1.82. The molecule has 0 saturated carbocycles. The fourth-order valence-corrected chi connectivity index (χ4v) is 3.36. The van der Waals surface area contributed by atoms with Gasteiger partial charge in [0.05, 0.1) is 23.7 Å². The average molecular weight is 432 g/mol. The number of imidazole rings is 1. The van der Waals surface area contributed by atoms with Crippen LogP contribution in [-0.4, -0.2) is 44.3 Å². The van der Waals surface area contributed by atoms with Crippen molar-refractivity contribution < 1.29 is 20.3 Å². The van der Waals surface area contributed by atoms with Crippen LogP contribution in [0.3, 0.4) is 0 Å². The van der Waals surface area contributed by atoms with E-state index in [1.54, 1.807) is 42.5 Å². The third-order valence-electron chi connectivity index (χ3n) is 5.06. The van der Waals surface area contributed by atoms with Crippen LogP contribution in [-0.2, 0) is 0 Å². The summed E-state index contributed by atoms with van der Waals surface area (Å²) in [4.78, 5) is 7.71. The Bertz CT molecular complexity index is 1360. The zero-order valence-electron chi connectivity index (χ0n) is 16.9. The first-order valence-electron chi connectivity index (χ1n) is 9.42. The molecule has 4 aromatic rings. The fraction of sp³-hybridized carbons (Fsp3) is 0.0455. The molecule has 0 spiro atoms. The Morgan fingerprint density at radius 1 is 0.906 bits per heavy atom. The van der Waals surface area contributed by atoms with Crippen LogP contribution in [0, 0.1) is 0 Å². The highest BCUT2D eigenvalue weighted by molar-refractivity contribution is 6.00. The van der Waals surface area contributed by atoms with Gasteiger partial charge in [-0.3, -0.25) is 0 Å². The van der Waals surface area contributed by atoms with Crippen molar-refractivity contribution in [3.8, 4) is 34.0 Å². The van der Waals surface area contributed by atoms with Crippen LogP contribution >= 0.6 is 0 Å². The molecule has 162 valence electrons. The zero-order chi connectivity index (χ0) is 22.8. The van der Waals surface area contributed by atoms with Crippen molar-refractivity contribution in [3.63, 3.8) is 0 Å². The van der Waals surface area contributed by atoms with Gasteiger partial charge in [0.1, 0.15) is 5.82 Å². The summed E-state index contributed by atoms with van der Waals surface area (Å²) < 4.78 is 5.36. The molecule has 0 amide bonds. The molecule has 0 atom stereocenters. The normalized spacial score (nSPS) is 12.3. The van der Waals surface area contributed by atoms with E-state index >= 15 is 0 Å². The molecule has 10 heteroatoms. The predicted octanol–water partition coefficient (Wildman–Crippen LogP) is 2.80. The molecule has 1 heterocycles. The molecule has 0 aliphatic heterocycles. The summed E-state index contributed by atoms with van der Waals surface area (Å²) in [6.45, 7) is 0. The van der Waals surface area contributed by atoms with Crippen molar-refractivity contribution in [1.29, 1.82) is 0 Å². The quantitative estimate of drug-likeness (QED) is 0.122. The minimum Gasteiger partial charge on any atom is -0.504 e. The van der Waals surface area contributed by atoms with Gasteiger partial charge in [-0.05, 0) is 41.5 Å². The Hall–Kier alpha value is -4.73. The van der Waals surface area contributed by atoms with Gasteiger partial charge < -0.3 is 36.7 Å². The van der Waals surface area contributed by atoms with Crippen LogP contribution in [0.2, 0.25) is 0 Å². The van der Waals surface area contributed by atoms with Gasteiger partial charge >= 0.3 is 0 Å². The van der Waals surface area contributed by atoms with Gasteiger partial charge in [-0.1, -0.05) is 34.6 Å². The molecule has 0 unspecified atom stereocenters. The number of phenols is 1. The number of rotatable bonds is 5. The van der Waals surface area contributed by atoms with Crippen LogP contribution in [0.5, 0.6) is 11.5 Å². The lowest BCUT2D eigenvalue weighted by molar-refractivity contribution is 0.318. The molecular formula is C22H20N6O4. The first-order valence-corrected chi connectivity index (χ1v) is 9.42. The van der Waals surface area contributed by atoms with Crippen molar-refractivity contribution in [2.75, 3.05) is 7.11 Å². The van der Waals surface area contributed by atoms with Crippen molar-refractivity contribution in [1.82, 2.24) is 9.97 Å². The zero-order valence-corrected chi connectivity index (χ0v) is 16.9. The van der Waals surface area contributed by atoms with E-state index < -0.39 is 0 Å². The molecule has 8 N–H and O–H groups in total. The van der Waals surface area contributed by atoms with Crippen molar-refractivity contribution in [3.05, 3.63) is 65.7 Å². The maximum atomic E-state index is 10.8. The number of hydrogen-bond acceptors (Lipinski definition) is 7. The highest BCUT2D eigenvalue weighted by Gasteiger charge is 2.17. The molecular weight excluding hydrogens is 412 g/mol. The van der Waals surface area contributed by atoms with Crippen molar-refractivity contribution in [2.45, 2.75) is 0 Å². The molecule has 1 aromatic heterocycles. The highest BCUT2D eigenvalue weighted by atomic mass is 16.5. The summed E-state index contributed by atoms with van der Waals surface area (Å²) in [6.07, 6.45) is 0. The lowest BCUT2D eigenvalue weighted by Crippen LogP contribution is -2.12. The first kappa shape index (κ1) is 20.5. The van der Waals surface area contributed by atoms with E-state index in [4.69, 9.17) is 26.6 Å². The Morgan fingerprint density at radius 3 is 2.22 bits per heavy atom. The molecule has 0 aliphatic rings. The number of oxime groups is 2. The second kappa shape index (κ2) is 8.19. The predicted molar refractivity (Wildman–Crippen MR) is 120 cm³/mol. The number of aromatic hydroxyl groups is 1. The molecule has 0 bridgehead atoms. The highest BCUT2D eigenvalue weighted by Crippen LogP contribution is 2.40. The van der Waals surface area contributed by atoms with Gasteiger partial charge in [-0.15, -0.1) is 0 Å². The van der Waals surface area contributed by atoms with E-state index in [1.165, 1.54) is 7.11 Å². The van der Waals surface area contributed by atoms with E-state index in [9.17, 15) is 5.11 Å². The topological polar surface area (TPSA) is 175 Å². The number of hydrogen-bond donors (Lipinski definition) is 6. The summed E-state index contributed by atoms with van der Waals surface area (Å²) >= 11 is 0. The van der Waals surface area contributed by atoms with Crippen molar-refractivity contribution in [2.24, 2.45) is 21.8 Å². The molecule has 0 radical (unpaired) electrons. The lowest BCUT2D eigenvalue weighted by Gasteiger charge is -2.11. The summed E-state index contributed by atoms with van der Waals surface area (Å²) in [6, 6.07) is 15.7. The number of fused-ring (bicyclic) bond motifs is 1. The van der Waals surface area contributed by atoms with E-state index in [0.29, 0.717) is 33.5 Å². The van der Waals surface area contributed by atoms with Crippen LogP contribution in [0.15, 0.2) is 64.9 Å². The summed E-state index contributed by atoms with van der Waals surface area (Å²) in [7, 11) is 1.46. The average Bonchev–Trinajstić information content (AvgIpc) is 3.26. The molecule has 0 fully saturated rings. The van der Waals surface area contributed by atoms with Crippen LogP contribution < -0.4 is 16.2 Å². The standard InChI is InChI=1S/C22H20N6O4/c1-32-18-10-14(11-2-4-12(5-3-11)20(23)27-30)8-15(19(18)29)22-25-16-7-6-13(21(24)28-31)9-17(16)26-22/h2-10,29-31H,1H3,(H2,23,27)(H2,24,28)(H,25,26). The number of phenolic OH excluding ortho intramolecular Hbond substituents is 1. The SMILES string of the molecule is COc1cc(-c2ccc(C(N)=NO)cc2)cc(-c2nc3ccc(C(N)=NO)cc3[nH]2)c1O. The molecule has 0 aliphatic carbocycles. The number of aromatic amines is 1. The minimum absolute atomic E-state index is 0.00838. The number of nitrogens with two attached hydrogens (primary N) is 2. The van der Waals surface area contributed by atoms with Gasteiger partial charge in [0.15, 0.2) is 23.2 Å². The third kappa shape index (κ3) is 3.60. The van der Waals surface area contributed by atoms with Crippen molar-refractivity contribution >= 4 is 22.7 Å². The smallest absolute Gasteiger partial charge is 0.170 e. The minimum atomic E-state index is -0.0692. The van der Waals surface area contributed by atoms with E-state index in [0.717, 1.165) is 11.1 Å².